The van der Waals surface area contributed by atoms with Crippen LogP contribution in [0.2, 0.25) is 0 Å². The summed E-state index contributed by atoms with van der Waals surface area (Å²) < 4.78 is 0. The van der Waals surface area contributed by atoms with Crippen molar-refractivity contribution in [1.29, 1.82) is 0 Å². The second-order valence-electron chi connectivity index (χ2n) is 6.69. The third-order valence-electron chi connectivity index (χ3n) is 4.12. The number of rotatable bonds is 10. The summed E-state index contributed by atoms with van der Waals surface area (Å²) in [5.74, 6) is -3.38. The van der Waals surface area contributed by atoms with E-state index in [-0.39, 0.29) is 18.1 Å². The lowest BCUT2D eigenvalue weighted by molar-refractivity contribution is -0.140. The van der Waals surface area contributed by atoms with E-state index in [2.05, 4.69) is 20.9 Å². The Hall–Kier alpha value is -4.41. The molecule has 0 saturated carbocycles. The van der Waals surface area contributed by atoms with Gasteiger partial charge in [-0.25, -0.2) is 4.99 Å². The largest absolute Gasteiger partial charge is 0.481 e. The second-order valence-corrected chi connectivity index (χ2v) is 6.69. The number of guanidine groups is 1. The van der Waals surface area contributed by atoms with Gasteiger partial charge in [0.25, 0.3) is 5.91 Å². The van der Waals surface area contributed by atoms with E-state index in [4.69, 9.17) is 16.6 Å². The van der Waals surface area contributed by atoms with E-state index in [1.807, 2.05) is 6.07 Å². The van der Waals surface area contributed by atoms with Crippen LogP contribution in [0.1, 0.15) is 22.3 Å². The molecular weight excluding hydrogens is 416 g/mol. The van der Waals surface area contributed by atoms with Gasteiger partial charge in [0.2, 0.25) is 11.8 Å². The lowest BCUT2D eigenvalue weighted by atomic mass is 10.1. The van der Waals surface area contributed by atoms with Crippen molar-refractivity contribution >= 4 is 35.3 Å². The fraction of sp³-hybridized carbons (Fsp3) is 0.190. The molecule has 2 rings (SSSR count). The van der Waals surface area contributed by atoms with Crippen LogP contribution in [-0.2, 0) is 20.9 Å². The molecule has 0 aliphatic carbocycles. The van der Waals surface area contributed by atoms with Gasteiger partial charge in [0, 0.05) is 12.1 Å². The third-order valence-corrected chi connectivity index (χ3v) is 4.12. The summed E-state index contributed by atoms with van der Waals surface area (Å²) in [5, 5.41) is 16.4. The van der Waals surface area contributed by atoms with Crippen LogP contribution in [0.4, 0.5) is 5.69 Å². The van der Waals surface area contributed by atoms with E-state index in [0.717, 1.165) is 5.56 Å². The van der Waals surface area contributed by atoms with Gasteiger partial charge in [-0.05, 0) is 23.8 Å². The first-order chi connectivity index (χ1) is 15.2. The zero-order valence-electron chi connectivity index (χ0n) is 17.1. The molecular formula is C21H24N6O5. The molecule has 0 aliphatic heterocycles. The Bertz CT molecular complexity index is 1000. The Labute approximate surface area is 183 Å². The third kappa shape index (κ3) is 8.14. The number of nitrogens with two attached hydrogens (primary N) is 2. The predicted octanol–water partition coefficient (Wildman–Crippen LogP) is -0.403. The van der Waals surface area contributed by atoms with Crippen molar-refractivity contribution < 1.29 is 24.3 Å². The van der Waals surface area contributed by atoms with Gasteiger partial charge in [-0.1, -0.05) is 36.4 Å². The number of benzene rings is 2. The number of carbonyl (C=O) groups excluding carboxylic acids is 3. The number of aliphatic carboxylic acids is 1. The quantitative estimate of drug-likeness (QED) is 0.214. The van der Waals surface area contributed by atoms with E-state index in [0.29, 0.717) is 5.69 Å². The molecule has 0 fully saturated rings. The van der Waals surface area contributed by atoms with E-state index < -0.39 is 42.7 Å². The highest BCUT2D eigenvalue weighted by molar-refractivity contribution is 5.98. The summed E-state index contributed by atoms with van der Waals surface area (Å²) in [7, 11) is 0. The first-order valence-corrected chi connectivity index (χ1v) is 9.55. The molecule has 3 amide bonds. The van der Waals surface area contributed by atoms with Gasteiger partial charge in [0.15, 0.2) is 5.96 Å². The molecule has 8 N–H and O–H groups in total. The molecule has 1 atom stereocenters. The molecule has 32 heavy (non-hydrogen) atoms. The first-order valence-electron chi connectivity index (χ1n) is 9.55. The highest BCUT2D eigenvalue weighted by Crippen LogP contribution is 2.13. The van der Waals surface area contributed by atoms with Gasteiger partial charge in [0.05, 0.1) is 18.7 Å². The summed E-state index contributed by atoms with van der Waals surface area (Å²) in [6.07, 6.45) is -0.610. The molecule has 11 nitrogen and oxygen atoms in total. The number of amides is 3. The van der Waals surface area contributed by atoms with E-state index in [9.17, 15) is 19.2 Å². The molecule has 0 spiro atoms. The van der Waals surface area contributed by atoms with Crippen molar-refractivity contribution in [2.75, 3.05) is 6.54 Å². The second kappa shape index (κ2) is 11.7. The molecule has 0 bridgehead atoms. The summed E-state index contributed by atoms with van der Waals surface area (Å²) in [4.78, 5) is 51.8. The van der Waals surface area contributed by atoms with Crippen LogP contribution < -0.4 is 27.4 Å². The van der Waals surface area contributed by atoms with Crippen molar-refractivity contribution in [2.45, 2.75) is 19.0 Å². The minimum absolute atomic E-state index is 0.169. The van der Waals surface area contributed by atoms with Crippen molar-refractivity contribution in [3.8, 4) is 0 Å². The Morgan fingerprint density at radius 2 is 1.69 bits per heavy atom. The minimum Gasteiger partial charge on any atom is -0.481 e. The topological polar surface area (TPSA) is 189 Å². The van der Waals surface area contributed by atoms with Crippen LogP contribution in [0.3, 0.4) is 0 Å². The molecule has 168 valence electrons. The normalized spacial score (nSPS) is 11.0. The average molecular weight is 440 g/mol. The summed E-state index contributed by atoms with van der Waals surface area (Å²) in [6, 6.07) is 13.8. The van der Waals surface area contributed by atoms with Gasteiger partial charge in [0.1, 0.15) is 6.04 Å². The van der Waals surface area contributed by atoms with Gasteiger partial charge >= 0.3 is 5.97 Å². The predicted molar refractivity (Wildman–Crippen MR) is 117 cm³/mol. The van der Waals surface area contributed by atoms with Gasteiger partial charge in [-0.2, -0.15) is 0 Å². The maximum Gasteiger partial charge on any atom is 0.305 e. The lowest BCUT2D eigenvalue weighted by Crippen LogP contribution is -2.50. The molecule has 0 saturated heterocycles. The van der Waals surface area contributed by atoms with Gasteiger partial charge < -0.3 is 32.5 Å². The van der Waals surface area contributed by atoms with Crippen LogP contribution in [-0.4, -0.2) is 47.3 Å². The van der Waals surface area contributed by atoms with E-state index >= 15 is 0 Å². The van der Waals surface area contributed by atoms with Crippen LogP contribution >= 0.6 is 0 Å². The Kier molecular flexibility index (Phi) is 8.72. The first kappa shape index (κ1) is 23.9. The Morgan fingerprint density at radius 1 is 0.969 bits per heavy atom. The van der Waals surface area contributed by atoms with Crippen LogP contribution in [0, 0.1) is 0 Å². The van der Waals surface area contributed by atoms with Crippen LogP contribution in [0.25, 0.3) is 0 Å². The number of hydrogen-bond donors (Lipinski definition) is 6. The van der Waals surface area contributed by atoms with Gasteiger partial charge in [-0.15, -0.1) is 0 Å². The molecule has 0 heterocycles. The number of nitrogens with zero attached hydrogens (tertiary/aromatic N) is 1. The van der Waals surface area contributed by atoms with Crippen molar-refractivity contribution in [2.24, 2.45) is 16.5 Å². The standard InChI is InChI=1S/C21H24N6O5/c22-21(23)26-15-8-4-7-14(9-15)19(31)25-12-17(28)27-16(10-18(29)30)20(32)24-11-13-5-2-1-3-6-13/h1-9,16H,10-12H2,(H,24,32)(H,25,31)(H,27,28)(H,29,30)(H4,22,23,26)/t16-/m0/s1. The maximum atomic E-state index is 12.4. The van der Waals surface area contributed by atoms with E-state index in [1.54, 1.807) is 36.4 Å². The maximum absolute atomic E-state index is 12.4. The van der Waals surface area contributed by atoms with Crippen LogP contribution in [0.15, 0.2) is 59.6 Å². The summed E-state index contributed by atoms with van der Waals surface area (Å²) in [6.45, 7) is -0.290. The molecule has 0 unspecified atom stereocenters. The Balaban J connectivity index is 1.92. The Morgan fingerprint density at radius 3 is 2.34 bits per heavy atom. The van der Waals surface area contributed by atoms with Crippen molar-refractivity contribution in [3.63, 3.8) is 0 Å². The molecule has 0 radical (unpaired) electrons. The smallest absolute Gasteiger partial charge is 0.305 e. The minimum atomic E-state index is -1.30. The highest BCUT2D eigenvalue weighted by atomic mass is 16.4. The van der Waals surface area contributed by atoms with Crippen molar-refractivity contribution in [1.82, 2.24) is 16.0 Å². The number of hydrogen-bond acceptors (Lipinski definition) is 5. The monoisotopic (exact) mass is 440 g/mol. The average Bonchev–Trinajstić information content (AvgIpc) is 2.75. The lowest BCUT2D eigenvalue weighted by Gasteiger charge is -2.17. The fourth-order valence-corrected chi connectivity index (χ4v) is 2.67. The zero-order chi connectivity index (χ0) is 23.5. The number of aliphatic imine (C=N–C) groups is 1. The van der Waals surface area contributed by atoms with Gasteiger partial charge in [-0.3, -0.25) is 19.2 Å². The summed E-state index contributed by atoms with van der Waals surface area (Å²) in [5.41, 5.74) is 12.0. The molecule has 2 aromatic rings. The number of carboxylic acid groups (broad SMARTS) is 1. The highest BCUT2D eigenvalue weighted by Gasteiger charge is 2.23. The number of carboxylic acids is 1. The fourth-order valence-electron chi connectivity index (χ4n) is 2.67. The molecule has 2 aromatic carbocycles. The molecule has 0 aromatic heterocycles. The number of nitrogens with one attached hydrogen (secondary N) is 3. The van der Waals surface area contributed by atoms with Crippen LogP contribution in [0.5, 0.6) is 0 Å². The molecule has 0 aliphatic rings. The SMILES string of the molecule is NC(N)=Nc1cccc(C(=O)NCC(=O)N[C@@H](CC(=O)O)C(=O)NCc2ccccc2)c1. The number of carbonyl (C=O) groups is 4. The molecule has 11 heteroatoms. The van der Waals surface area contributed by atoms with E-state index in [1.165, 1.54) is 12.1 Å². The summed E-state index contributed by atoms with van der Waals surface area (Å²) >= 11 is 0. The zero-order valence-corrected chi connectivity index (χ0v) is 17.1. The van der Waals surface area contributed by atoms with Crippen molar-refractivity contribution in [3.05, 3.63) is 65.7 Å².